The van der Waals surface area contributed by atoms with Gasteiger partial charge in [-0.3, -0.25) is 4.79 Å². The first-order valence-corrected chi connectivity index (χ1v) is 11.1. The first kappa shape index (κ1) is 20.0. The van der Waals surface area contributed by atoms with E-state index in [4.69, 9.17) is 0 Å². The minimum Gasteiger partial charge on any atom is -0.326 e. The third kappa shape index (κ3) is 6.46. The second-order valence-corrected chi connectivity index (χ2v) is 10.3. The molecule has 1 aromatic carbocycles. The van der Waals surface area contributed by atoms with Gasteiger partial charge in [0.2, 0.25) is 5.91 Å². The van der Waals surface area contributed by atoms with Gasteiger partial charge in [0.05, 0.1) is 11.0 Å². The van der Waals surface area contributed by atoms with E-state index < -0.39 is 9.84 Å². The zero-order valence-corrected chi connectivity index (χ0v) is 16.4. The molecule has 0 atom stereocenters. The Kier molecular flexibility index (Phi) is 7.05. The number of amides is 1. The number of sulfone groups is 1. The van der Waals surface area contributed by atoms with Gasteiger partial charge in [-0.25, -0.2) is 8.42 Å². The molecule has 1 saturated carbocycles. The Morgan fingerprint density at radius 1 is 1.08 bits per heavy atom. The smallest absolute Gasteiger partial charge is 0.221 e. The van der Waals surface area contributed by atoms with Crippen molar-refractivity contribution in [3.8, 4) is 0 Å². The summed E-state index contributed by atoms with van der Waals surface area (Å²) in [6.45, 7) is 5.06. The van der Waals surface area contributed by atoms with E-state index in [1.165, 1.54) is 12.5 Å². The van der Waals surface area contributed by atoms with Gasteiger partial charge in [-0.05, 0) is 69.1 Å². The van der Waals surface area contributed by atoms with Crippen LogP contribution in [0.5, 0.6) is 0 Å². The fourth-order valence-electron chi connectivity index (χ4n) is 3.54. The van der Waals surface area contributed by atoms with Crippen molar-refractivity contribution >= 4 is 21.4 Å². The summed E-state index contributed by atoms with van der Waals surface area (Å²) in [6.07, 6.45) is 6.56. The van der Waals surface area contributed by atoms with Crippen LogP contribution in [0.25, 0.3) is 0 Å². The molecule has 1 aromatic rings. The lowest BCUT2D eigenvalue weighted by Gasteiger charge is -2.28. The second kappa shape index (κ2) is 8.84. The number of carbonyl (C=O) groups is 1. The molecule has 2 rings (SSSR count). The molecule has 0 unspecified atom stereocenters. The number of anilines is 1. The normalized spacial score (nSPS) is 21.3. The highest BCUT2D eigenvalue weighted by Gasteiger charge is 2.27. The van der Waals surface area contributed by atoms with Crippen molar-refractivity contribution in [2.45, 2.75) is 64.5 Å². The van der Waals surface area contributed by atoms with Crippen LogP contribution < -0.4 is 5.32 Å². The molecular weight excluding hydrogens is 334 g/mol. The summed E-state index contributed by atoms with van der Waals surface area (Å²) in [5, 5.41) is 2.52. The molecule has 0 bridgehead atoms. The van der Waals surface area contributed by atoms with Crippen LogP contribution in [0.4, 0.5) is 5.69 Å². The Bertz CT molecular complexity index is 657. The third-order valence-electron chi connectivity index (χ3n) is 5.27. The first-order valence-electron chi connectivity index (χ1n) is 9.34. The zero-order valence-electron chi connectivity index (χ0n) is 15.6. The third-order valence-corrected chi connectivity index (χ3v) is 7.64. The van der Waals surface area contributed by atoms with Crippen LogP contribution in [0.1, 0.15) is 58.4 Å². The Labute approximate surface area is 152 Å². The number of nitrogens with one attached hydrogen (secondary N) is 1. The molecule has 25 heavy (non-hydrogen) atoms. The van der Waals surface area contributed by atoms with E-state index in [1.807, 2.05) is 12.1 Å². The molecule has 0 heterocycles. The number of benzene rings is 1. The maximum atomic E-state index is 12.1. The monoisotopic (exact) mass is 365 g/mol. The lowest BCUT2D eigenvalue weighted by molar-refractivity contribution is -0.114. The Morgan fingerprint density at radius 3 is 2.16 bits per heavy atom. The quantitative estimate of drug-likeness (QED) is 0.787. The highest BCUT2D eigenvalue weighted by molar-refractivity contribution is 7.91. The van der Waals surface area contributed by atoms with Crippen molar-refractivity contribution in [2.75, 3.05) is 11.1 Å². The summed E-state index contributed by atoms with van der Waals surface area (Å²) in [5.41, 5.74) is 2.13. The molecule has 140 valence electrons. The van der Waals surface area contributed by atoms with Gasteiger partial charge in [0.1, 0.15) is 0 Å². The topological polar surface area (TPSA) is 63.2 Å². The van der Waals surface area contributed by atoms with E-state index in [0.717, 1.165) is 44.2 Å². The number of aryl methyl sites for hydroxylation is 1. The van der Waals surface area contributed by atoms with Crippen LogP contribution >= 0.6 is 0 Å². The summed E-state index contributed by atoms with van der Waals surface area (Å²) < 4.78 is 24.1. The van der Waals surface area contributed by atoms with E-state index in [9.17, 15) is 13.2 Å². The summed E-state index contributed by atoms with van der Waals surface area (Å²) >= 11 is 0. The highest BCUT2D eigenvalue weighted by atomic mass is 32.2. The molecule has 1 amide bonds. The fourth-order valence-corrected chi connectivity index (χ4v) is 4.91. The largest absolute Gasteiger partial charge is 0.326 e. The first-order chi connectivity index (χ1) is 11.8. The number of hydrogen-bond acceptors (Lipinski definition) is 3. The van der Waals surface area contributed by atoms with Gasteiger partial charge in [0, 0.05) is 12.6 Å². The van der Waals surface area contributed by atoms with Crippen LogP contribution in [0.3, 0.4) is 0 Å². The summed E-state index contributed by atoms with van der Waals surface area (Å²) in [4.78, 5) is 11.0. The lowest BCUT2D eigenvalue weighted by atomic mass is 9.80. The molecule has 5 heteroatoms. The molecular formula is C20H31NO3S. The number of rotatable bonds is 7. The highest BCUT2D eigenvalue weighted by Crippen LogP contribution is 2.33. The predicted octanol–water partition coefficient (Wildman–Crippen LogP) is 4.21. The maximum absolute atomic E-state index is 12.1. The van der Waals surface area contributed by atoms with Crippen molar-refractivity contribution < 1.29 is 13.2 Å². The number of hydrogen-bond donors (Lipinski definition) is 1. The Hall–Kier alpha value is -1.36. The van der Waals surface area contributed by atoms with Gasteiger partial charge in [-0.15, -0.1) is 0 Å². The van der Waals surface area contributed by atoms with E-state index in [1.54, 1.807) is 13.8 Å². The van der Waals surface area contributed by atoms with Crippen molar-refractivity contribution in [2.24, 2.45) is 11.8 Å². The van der Waals surface area contributed by atoms with Crippen molar-refractivity contribution in [1.82, 2.24) is 0 Å². The van der Waals surface area contributed by atoms with Gasteiger partial charge in [-0.1, -0.05) is 25.0 Å². The molecule has 4 nitrogen and oxygen atoms in total. The Balaban J connectivity index is 1.74. The molecule has 0 spiro atoms. The summed E-state index contributed by atoms with van der Waals surface area (Å²) in [5.74, 6) is 1.36. The van der Waals surface area contributed by atoms with E-state index in [2.05, 4.69) is 17.4 Å². The van der Waals surface area contributed by atoms with Gasteiger partial charge in [-0.2, -0.15) is 0 Å². The van der Waals surface area contributed by atoms with Gasteiger partial charge in [0.25, 0.3) is 0 Å². The standard InChI is InChI=1S/C20H31NO3S/c1-15(2)25(23,24)14-19-8-6-17(7-9-19)4-5-18-10-12-20(13-11-18)21-16(3)22/h10-13,15,17,19H,4-9,14H2,1-3H3,(H,21,22). The van der Waals surface area contributed by atoms with Crippen LogP contribution in [0, 0.1) is 11.8 Å². The lowest BCUT2D eigenvalue weighted by Crippen LogP contribution is -2.26. The van der Waals surface area contributed by atoms with Crippen molar-refractivity contribution in [3.05, 3.63) is 29.8 Å². The summed E-state index contributed by atoms with van der Waals surface area (Å²) in [6, 6.07) is 8.05. The van der Waals surface area contributed by atoms with E-state index >= 15 is 0 Å². The van der Waals surface area contributed by atoms with Crippen LogP contribution in [-0.2, 0) is 21.1 Å². The molecule has 0 aliphatic heterocycles. The molecule has 1 N–H and O–H groups in total. The van der Waals surface area contributed by atoms with Crippen LogP contribution in [0.15, 0.2) is 24.3 Å². The SMILES string of the molecule is CC(=O)Nc1ccc(CCC2CCC(CS(=O)(=O)C(C)C)CC2)cc1. The summed E-state index contributed by atoms with van der Waals surface area (Å²) in [7, 11) is -2.91. The van der Waals surface area contributed by atoms with Gasteiger partial charge < -0.3 is 5.32 Å². The van der Waals surface area contributed by atoms with E-state index in [0.29, 0.717) is 17.6 Å². The predicted molar refractivity (Wildman–Crippen MR) is 103 cm³/mol. The molecule has 0 radical (unpaired) electrons. The minimum absolute atomic E-state index is 0.0519. The van der Waals surface area contributed by atoms with Crippen LogP contribution in [-0.4, -0.2) is 25.3 Å². The van der Waals surface area contributed by atoms with Crippen molar-refractivity contribution in [3.63, 3.8) is 0 Å². The number of carbonyl (C=O) groups excluding carboxylic acids is 1. The van der Waals surface area contributed by atoms with Crippen molar-refractivity contribution in [1.29, 1.82) is 0 Å². The molecule has 0 saturated heterocycles. The second-order valence-electron chi connectivity index (χ2n) is 7.68. The molecule has 1 aliphatic rings. The zero-order chi connectivity index (χ0) is 18.4. The molecule has 0 aromatic heterocycles. The minimum atomic E-state index is -2.91. The Morgan fingerprint density at radius 2 is 1.64 bits per heavy atom. The fraction of sp³-hybridized carbons (Fsp3) is 0.650. The van der Waals surface area contributed by atoms with E-state index in [-0.39, 0.29) is 11.2 Å². The van der Waals surface area contributed by atoms with Gasteiger partial charge in [0.15, 0.2) is 9.84 Å². The average molecular weight is 366 g/mol. The molecule has 1 fully saturated rings. The van der Waals surface area contributed by atoms with Gasteiger partial charge >= 0.3 is 0 Å². The maximum Gasteiger partial charge on any atom is 0.221 e. The van der Waals surface area contributed by atoms with Crippen LogP contribution in [0.2, 0.25) is 0 Å². The molecule has 1 aliphatic carbocycles. The average Bonchev–Trinajstić information content (AvgIpc) is 2.54.